The van der Waals surface area contributed by atoms with E-state index in [0.29, 0.717) is 6.61 Å². The Morgan fingerprint density at radius 1 is 1.00 bits per heavy atom. The first-order chi connectivity index (χ1) is 9.52. The van der Waals surface area contributed by atoms with Crippen LogP contribution in [0.25, 0.3) is 0 Å². The number of ether oxygens (including phenoxy) is 1. The van der Waals surface area contributed by atoms with Gasteiger partial charge in [-0.15, -0.1) is 0 Å². The third-order valence-electron chi connectivity index (χ3n) is 3.85. The molecule has 2 aromatic carbocycles. The summed E-state index contributed by atoms with van der Waals surface area (Å²) in [4.78, 5) is 0. The predicted octanol–water partition coefficient (Wildman–Crippen LogP) is 4.34. The van der Waals surface area contributed by atoms with Gasteiger partial charge < -0.3 is 10.5 Å². The number of rotatable bonds is 4. The van der Waals surface area contributed by atoms with E-state index >= 15 is 0 Å². The predicted molar refractivity (Wildman–Crippen MR) is 85.2 cm³/mol. The van der Waals surface area contributed by atoms with Gasteiger partial charge in [0.1, 0.15) is 12.4 Å². The summed E-state index contributed by atoms with van der Waals surface area (Å²) in [6.07, 6.45) is 0.968. The highest BCUT2D eigenvalue weighted by atomic mass is 16.5. The van der Waals surface area contributed by atoms with Crippen molar-refractivity contribution in [2.24, 2.45) is 0 Å². The van der Waals surface area contributed by atoms with E-state index < -0.39 is 0 Å². The number of nitrogen functional groups attached to an aromatic ring is 1. The molecule has 0 saturated heterocycles. The van der Waals surface area contributed by atoms with Crippen LogP contribution in [0, 0.1) is 20.8 Å². The van der Waals surface area contributed by atoms with Crippen molar-refractivity contribution in [2.45, 2.75) is 40.7 Å². The second-order valence-corrected chi connectivity index (χ2v) is 5.33. The largest absolute Gasteiger partial charge is 0.489 e. The minimum absolute atomic E-state index is 0.527. The second kappa shape index (κ2) is 6.00. The lowest BCUT2D eigenvalue weighted by Gasteiger charge is -2.15. The van der Waals surface area contributed by atoms with Crippen LogP contribution in [0.3, 0.4) is 0 Å². The van der Waals surface area contributed by atoms with Crippen molar-refractivity contribution < 1.29 is 4.74 Å². The highest BCUT2D eigenvalue weighted by Gasteiger charge is 2.08. The molecule has 0 spiro atoms. The zero-order chi connectivity index (χ0) is 14.7. The van der Waals surface area contributed by atoms with Gasteiger partial charge >= 0.3 is 0 Å². The van der Waals surface area contributed by atoms with Crippen molar-refractivity contribution >= 4 is 5.69 Å². The van der Waals surface area contributed by atoms with Crippen molar-refractivity contribution in [1.29, 1.82) is 0 Å². The first kappa shape index (κ1) is 14.4. The first-order valence-electron chi connectivity index (χ1n) is 7.09. The number of benzene rings is 2. The molecular weight excluding hydrogens is 246 g/mol. The summed E-state index contributed by atoms with van der Waals surface area (Å²) in [7, 11) is 0. The minimum Gasteiger partial charge on any atom is -0.489 e. The van der Waals surface area contributed by atoms with Gasteiger partial charge in [0, 0.05) is 11.3 Å². The molecule has 106 valence electrons. The number of aryl methyl sites for hydroxylation is 4. The molecule has 0 heterocycles. The lowest BCUT2D eigenvalue weighted by Crippen LogP contribution is -2.05. The van der Waals surface area contributed by atoms with E-state index in [-0.39, 0.29) is 0 Å². The lowest BCUT2D eigenvalue weighted by atomic mass is 10.0. The number of hydrogen-bond donors (Lipinski definition) is 1. The Kier molecular flexibility index (Phi) is 4.33. The molecule has 2 heteroatoms. The monoisotopic (exact) mass is 269 g/mol. The van der Waals surface area contributed by atoms with E-state index in [9.17, 15) is 0 Å². The van der Waals surface area contributed by atoms with Crippen molar-refractivity contribution in [3.05, 3.63) is 58.1 Å². The molecular formula is C18H23NO. The van der Waals surface area contributed by atoms with Gasteiger partial charge in [-0.3, -0.25) is 0 Å². The quantitative estimate of drug-likeness (QED) is 0.838. The minimum atomic E-state index is 0.527. The highest BCUT2D eigenvalue weighted by molar-refractivity contribution is 5.51. The van der Waals surface area contributed by atoms with E-state index in [4.69, 9.17) is 10.5 Å². The van der Waals surface area contributed by atoms with Gasteiger partial charge in [0.15, 0.2) is 0 Å². The Labute approximate surface area is 121 Å². The standard InChI is InChI=1S/C18H23NO/c1-5-15-7-6-8-17(19)16(15)11-20-18-10-13(3)12(2)9-14(18)4/h6-10H,5,11,19H2,1-4H3. The molecule has 20 heavy (non-hydrogen) atoms. The van der Waals surface area contributed by atoms with E-state index in [2.05, 4.69) is 45.9 Å². The smallest absolute Gasteiger partial charge is 0.123 e. The summed E-state index contributed by atoms with van der Waals surface area (Å²) in [5.74, 6) is 0.943. The summed E-state index contributed by atoms with van der Waals surface area (Å²) in [6, 6.07) is 10.3. The molecule has 0 aliphatic heterocycles. The van der Waals surface area contributed by atoms with Crippen molar-refractivity contribution in [2.75, 3.05) is 5.73 Å². The second-order valence-electron chi connectivity index (χ2n) is 5.33. The molecule has 0 aliphatic carbocycles. The van der Waals surface area contributed by atoms with Crippen LogP contribution < -0.4 is 10.5 Å². The van der Waals surface area contributed by atoms with Crippen LogP contribution in [0.4, 0.5) is 5.69 Å². The summed E-state index contributed by atoms with van der Waals surface area (Å²) >= 11 is 0. The summed E-state index contributed by atoms with van der Waals surface area (Å²) < 4.78 is 6.00. The van der Waals surface area contributed by atoms with Gasteiger partial charge in [-0.1, -0.05) is 25.1 Å². The van der Waals surface area contributed by atoms with E-state index in [0.717, 1.165) is 23.4 Å². The Morgan fingerprint density at radius 2 is 1.70 bits per heavy atom. The number of nitrogens with two attached hydrogens (primary N) is 1. The maximum atomic E-state index is 6.07. The Balaban J connectivity index is 2.23. The maximum Gasteiger partial charge on any atom is 0.123 e. The van der Waals surface area contributed by atoms with E-state index in [1.54, 1.807) is 0 Å². The molecule has 2 rings (SSSR count). The zero-order valence-electron chi connectivity index (χ0n) is 12.8. The molecule has 2 nitrogen and oxygen atoms in total. The molecule has 0 unspecified atom stereocenters. The molecule has 2 N–H and O–H groups in total. The summed E-state index contributed by atoms with van der Waals surface area (Å²) in [5, 5.41) is 0. The Morgan fingerprint density at radius 3 is 2.40 bits per heavy atom. The van der Waals surface area contributed by atoms with Gasteiger partial charge in [0.25, 0.3) is 0 Å². The fraction of sp³-hybridized carbons (Fsp3) is 0.333. The molecule has 2 aromatic rings. The van der Waals surface area contributed by atoms with Gasteiger partial charge in [-0.2, -0.15) is 0 Å². The molecule has 0 amide bonds. The van der Waals surface area contributed by atoms with Crippen molar-refractivity contribution in [3.8, 4) is 5.75 Å². The van der Waals surface area contributed by atoms with Crippen LogP contribution >= 0.6 is 0 Å². The molecule has 0 fully saturated rings. The normalized spacial score (nSPS) is 10.6. The number of anilines is 1. The van der Waals surface area contributed by atoms with Crippen LogP contribution in [-0.4, -0.2) is 0 Å². The zero-order valence-corrected chi connectivity index (χ0v) is 12.8. The van der Waals surface area contributed by atoms with Gasteiger partial charge in [0.05, 0.1) is 0 Å². The molecule has 0 atom stereocenters. The number of hydrogen-bond acceptors (Lipinski definition) is 2. The van der Waals surface area contributed by atoms with Crippen LogP contribution in [0.15, 0.2) is 30.3 Å². The van der Waals surface area contributed by atoms with Gasteiger partial charge in [-0.25, -0.2) is 0 Å². The van der Waals surface area contributed by atoms with Crippen LogP contribution in [0.1, 0.15) is 34.7 Å². The van der Waals surface area contributed by atoms with Gasteiger partial charge in [0.2, 0.25) is 0 Å². The molecule has 0 saturated carbocycles. The van der Waals surface area contributed by atoms with Crippen LogP contribution in [-0.2, 0) is 13.0 Å². The van der Waals surface area contributed by atoms with E-state index in [1.165, 1.54) is 22.3 Å². The summed E-state index contributed by atoms with van der Waals surface area (Å²) in [6.45, 7) is 8.97. The average Bonchev–Trinajstić information content (AvgIpc) is 2.42. The Bertz CT molecular complexity index is 617. The Hall–Kier alpha value is -1.96. The molecule has 0 radical (unpaired) electrons. The third kappa shape index (κ3) is 2.96. The van der Waals surface area contributed by atoms with Crippen molar-refractivity contribution in [1.82, 2.24) is 0 Å². The molecule has 0 aliphatic rings. The average molecular weight is 269 g/mol. The van der Waals surface area contributed by atoms with Crippen molar-refractivity contribution in [3.63, 3.8) is 0 Å². The lowest BCUT2D eigenvalue weighted by molar-refractivity contribution is 0.303. The van der Waals surface area contributed by atoms with Crippen LogP contribution in [0.2, 0.25) is 0 Å². The topological polar surface area (TPSA) is 35.2 Å². The fourth-order valence-corrected chi connectivity index (χ4v) is 2.40. The third-order valence-corrected chi connectivity index (χ3v) is 3.85. The SMILES string of the molecule is CCc1cccc(N)c1COc1cc(C)c(C)cc1C. The van der Waals surface area contributed by atoms with Gasteiger partial charge in [-0.05, 0) is 61.6 Å². The molecule has 0 bridgehead atoms. The highest BCUT2D eigenvalue weighted by Crippen LogP contribution is 2.25. The first-order valence-corrected chi connectivity index (χ1v) is 7.09. The summed E-state index contributed by atoms with van der Waals surface area (Å²) in [5.41, 5.74) is 13.0. The maximum absolute atomic E-state index is 6.07. The molecule has 0 aromatic heterocycles. The van der Waals surface area contributed by atoms with E-state index in [1.807, 2.05) is 12.1 Å². The fourth-order valence-electron chi connectivity index (χ4n) is 2.40. The van der Waals surface area contributed by atoms with Crippen LogP contribution in [0.5, 0.6) is 5.75 Å².